The minimum atomic E-state index is -3.20. The molecule has 0 spiro atoms. The van der Waals surface area contributed by atoms with Crippen LogP contribution in [-0.2, 0) is 16.6 Å². The zero-order valence-corrected chi connectivity index (χ0v) is 13.5. The fraction of sp³-hybridized carbons (Fsp3) is 0.500. The van der Waals surface area contributed by atoms with Crippen LogP contribution >= 0.6 is 0 Å². The van der Waals surface area contributed by atoms with E-state index in [2.05, 4.69) is 5.32 Å². The standard InChI is InChI=1S/C14H20FN3O3S/c1-11-9-12(3-4-13(11)15)10-16-14(19)17-5-7-18(8-6-17)22(2,20)21/h3-4,9H,5-8,10H2,1-2H3,(H,16,19). The van der Waals surface area contributed by atoms with Crippen molar-refractivity contribution < 1.29 is 17.6 Å². The highest BCUT2D eigenvalue weighted by atomic mass is 32.2. The van der Waals surface area contributed by atoms with E-state index in [1.54, 1.807) is 24.0 Å². The van der Waals surface area contributed by atoms with Gasteiger partial charge in [0.25, 0.3) is 0 Å². The first kappa shape index (κ1) is 16.7. The van der Waals surface area contributed by atoms with Crippen LogP contribution in [-0.4, -0.2) is 56.1 Å². The fourth-order valence-corrected chi connectivity index (χ4v) is 3.16. The molecule has 0 bridgehead atoms. The van der Waals surface area contributed by atoms with Gasteiger partial charge in [0.05, 0.1) is 6.26 Å². The van der Waals surface area contributed by atoms with Crippen LogP contribution in [0.1, 0.15) is 11.1 Å². The second-order valence-electron chi connectivity index (χ2n) is 5.39. The maximum absolute atomic E-state index is 13.2. The number of benzene rings is 1. The van der Waals surface area contributed by atoms with E-state index in [9.17, 15) is 17.6 Å². The normalized spacial score (nSPS) is 16.6. The number of rotatable bonds is 3. The Morgan fingerprint density at radius 1 is 1.27 bits per heavy atom. The van der Waals surface area contributed by atoms with Crippen LogP contribution in [0, 0.1) is 12.7 Å². The number of amides is 2. The van der Waals surface area contributed by atoms with Crippen molar-refractivity contribution in [3.63, 3.8) is 0 Å². The van der Waals surface area contributed by atoms with E-state index in [1.807, 2.05) is 0 Å². The number of halogens is 1. The third-order valence-corrected chi connectivity index (χ3v) is 4.96. The molecule has 0 radical (unpaired) electrons. The van der Waals surface area contributed by atoms with E-state index < -0.39 is 10.0 Å². The molecule has 122 valence electrons. The summed E-state index contributed by atoms with van der Waals surface area (Å²) < 4.78 is 37.4. The predicted octanol–water partition coefficient (Wildman–Crippen LogP) is 0.921. The SMILES string of the molecule is Cc1cc(CNC(=O)N2CCN(S(C)(=O)=O)CC2)ccc1F. The number of carbonyl (C=O) groups excluding carboxylic acids is 1. The average Bonchev–Trinajstić information content (AvgIpc) is 2.47. The summed E-state index contributed by atoms with van der Waals surface area (Å²) in [5, 5.41) is 2.77. The van der Waals surface area contributed by atoms with E-state index >= 15 is 0 Å². The molecule has 0 unspecified atom stereocenters. The molecule has 0 aromatic heterocycles. The highest BCUT2D eigenvalue weighted by Crippen LogP contribution is 2.10. The van der Waals surface area contributed by atoms with Crippen LogP contribution in [0.25, 0.3) is 0 Å². The third kappa shape index (κ3) is 4.17. The van der Waals surface area contributed by atoms with E-state index in [-0.39, 0.29) is 11.8 Å². The largest absolute Gasteiger partial charge is 0.334 e. The maximum Gasteiger partial charge on any atom is 0.317 e. The summed E-state index contributed by atoms with van der Waals surface area (Å²) in [6.45, 7) is 3.32. The van der Waals surface area contributed by atoms with E-state index in [0.29, 0.717) is 38.3 Å². The summed E-state index contributed by atoms with van der Waals surface area (Å²) in [5.74, 6) is -0.271. The fourth-order valence-electron chi connectivity index (χ4n) is 2.33. The van der Waals surface area contributed by atoms with Gasteiger partial charge in [-0.1, -0.05) is 12.1 Å². The van der Waals surface area contributed by atoms with Crippen LogP contribution in [0.15, 0.2) is 18.2 Å². The van der Waals surface area contributed by atoms with Crippen LogP contribution in [0.2, 0.25) is 0 Å². The first-order chi connectivity index (χ1) is 10.3. The van der Waals surface area contributed by atoms with Crippen LogP contribution in [0.3, 0.4) is 0 Å². The molecule has 1 heterocycles. The van der Waals surface area contributed by atoms with Gasteiger partial charge in [-0.3, -0.25) is 0 Å². The lowest BCUT2D eigenvalue weighted by atomic mass is 10.1. The first-order valence-corrected chi connectivity index (χ1v) is 8.85. The molecule has 22 heavy (non-hydrogen) atoms. The Morgan fingerprint density at radius 2 is 1.91 bits per heavy atom. The van der Waals surface area contributed by atoms with Gasteiger partial charge in [0.1, 0.15) is 5.82 Å². The first-order valence-electron chi connectivity index (χ1n) is 7.00. The number of aryl methyl sites for hydroxylation is 1. The van der Waals surface area contributed by atoms with Crippen molar-refractivity contribution in [2.45, 2.75) is 13.5 Å². The molecule has 1 aromatic rings. The molecule has 1 fully saturated rings. The number of nitrogens with zero attached hydrogens (tertiary/aromatic N) is 2. The van der Waals surface area contributed by atoms with Crippen molar-refractivity contribution >= 4 is 16.1 Å². The van der Waals surface area contributed by atoms with Crippen molar-refractivity contribution in [1.29, 1.82) is 0 Å². The highest BCUT2D eigenvalue weighted by molar-refractivity contribution is 7.88. The summed E-state index contributed by atoms with van der Waals surface area (Å²) in [4.78, 5) is 13.6. The topological polar surface area (TPSA) is 69.7 Å². The van der Waals surface area contributed by atoms with Crippen molar-refractivity contribution in [3.8, 4) is 0 Å². The van der Waals surface area contributed by atoms with Gasteiger partial charge in [0, 0.05) is 32.7 Å². The van der Waals surface area contributed by atoms with Gasteiger partial charge >= 0.3 is 6.03 Å². The van der Waals surface area contributed by atoms with Gasteiger partial charge in [-0.25, -0.2) is 17.6 Å². The molecule has 1 aromatic carbocycles. The molecule has 2 rings (SSSR count). The quantitative estimate of drug-likeness (QED) is 0.896. The van der Waals surface area contributed by atoms with Gasteiger partial charge in [-0.2, -0.15) is 4.31 Å². The number of hydrogen-bond donors (Lipinski definition) is 1. The maximum atomic E-state index is 13.2. The number of carbonyl (C=O) groups is 1. The van der Waals surface area contributed by atoms with Gasteiger partial charge in [0.2, 0.25) is 10.0 Å². The lowest BCUT2D eigenvalue weighted by molar-refractivity contribution is 0.172. The third-order valence-electron chi connectivity index (χ3n) is 3.66. The van der Waals surface area contributed by atoms with Crippen LogP contribution in [0.5, 0.6) is 0 Å². The summed E-state index contributed by atoms with van der Waals surface area (Å²) in [6.07, 6.45) is 1.17. The highest BCUT2D eigenvalue weighted by Gasteiger charge is 2.25. The Labute approximate surface area is 130 Å². The smallest absolute Gasteiger partial charge is 0.317 e. The van der Waals surface area contributed by atoms with Gasteiger partial charge in [-0.05, 0) is 24.1 Å². The molecular formula is C14H20FN3O3S. The average molecular weight is 329 g/mol. The zero-order valence-electron chi connectivity index (χ0n) is 12.7. The lowest BCUT2D eigenvalue weighted by Gasteiger charge is -2.33. The Bertz CT molecular complexity index is 655. The second-order valence-corrected chi connectivity index (χ2v) is 7.37. The number of nitrogens with one attached hydrogen (secondary N) is 1. The van der Waals surface area contributed by atoms with Gasteiger partial charge < -0.3 is 10.2 Å². The Kier molecular flexibility index (Phi) is 5.02. The molecule has 8 heteroatoms. The summed E-state index contributed by atoms with van der Waals surface area (Å²) in [6, 6.07) is 4.46. The molecule has 1 saturated heterocycles. The molecule has 1 N–H and O–H groups in total. The molecule has 0 atom stereocenters. The Hall–Kier alpha value is -1.67. The summed E-state index contributed by atoms with van der Waals surface area (Å²) in [7, 11) is -3.20. The van der Waals surface area contributed by atoms with Crippen molar-refractivity contribution in [2.75, 3.05) is 32.4 Å². The zero-order chi connectivity index (χ0) is 16.3. The molecular weight excluding hydrogens is 309 g/mol. The Morgan fingerprint density at radius 3 is 2.45 bits per heavy atom. The number of urea groups is 1. The second kappa shape index (κ2) is 6.62. The predicted molar refractivity (Wildman–Crippen MR) is 81.4 cm³/mol. The number of piperazine rings is 1. The molecule has 6 nitrogen and oxygen atoms in total. The van der Waals surface area contributed by atoms with Crippen LogP contribution < -0.4 is 5.32 Å². The van der Waals surface area contributed by atoms with Crippen LogP contribution in [0.4, 0.5) is 9.18 Å². The monoisotopic (exact) mass is 329 g/mol. The van der Waals surface area contributed by atoms with Gasteiger partial charge in [0.15, 0.2) is 0 Å². The molecule has 0 saturated carbocycles. The van der Waals surface area contributed by atoms with E-state index in [1.165, 1.54) is 16.6 Å². The molecule has 1 aliphatic heterocycles. The minimum Gasteiger partial charge on any atom is -0.334 e. The lowest BCUT2D eigenvalue weighted by Crippen LogP contribution is -2.52. The van der Waals surface area contributed by atoms with Crippen molar-refractivity contribution in [3.05, 3.63) is 35.1 Å². The molecule has 2 amide bonds. The number of sulfonamides is 1. The minimum absolute atomic E-state index is 0.241. The van der Waals surface area contributed by atoms with Crippen molar-refractivity contribution in [2.24, 2.45) is 0 Å². The van der Waals surface area contributed by atoms with Gasteiger partial charge in [-0.15, -0.1) is 0 Å². The number of hydrogen-bond acceptors (Lipinski definition) is 3. The summed E-state index contributed by atoms with van der Waals surface area (Å²) >= 11 is 0. The summed E-state index contributed by atoms with van der Waals surface area (Å²) in [5.41, 5.74) is 1.36. The van der Waals surface area contributed by atoms with E-state index in [0.717, 1.165) is 5.56 Å². The van der Waals surface area contributed by atoms with Crippen molar-refractivity contribution in [1.82, 2.24) is 14.5 Å². The van der Waals surface area contributed by atoms with E-state index in [4.69, 9.17) is 0 Å². The molecule has 0 aliphatic carbocycles. The Balaban J connectivity index is 1.85. The molecule has 1 aliphatic rings.